The molecule has 6 nitrogen and oxygen atoms in total. The van der Waals surface area contributed by atoms with Crippen LogP contribution < -0.4 is 5.32 Å². The van der Waals surface area contributed by atoms with E-state index in [4.69, 9.17) is 4.74 Å². The van der Waals surface area contributed by atoms with E-state index in [-0.39, 0.29) is 18.1 Å². The Kier molecular flexibility index (Phi) is 6.06. The molecule has 0 spiro atoms. The third-order valence-electron chi connectivity index (χ3n) is 4.80. The van der Waals surface area contributed by atoms with Crippen LogP contribution in [-0.2, 0) is 20.7 Å². The number of ketones is 1. The van der Waals surface area contributed by atoms with Crippen molar-refractivity contribution in [3.8, 4) is 0 Å². The molecule has 0 radical (unpaired) electrons. The van der Waals surface area contributed by atoms with Crippen molar-refractivity contribution in [3.05, 3.63) is 65.9 Å². The molecule has 30 heavy (non-hydrogen) atoms. The molecule has 3 aromatic rings. The first-order valence-electron chi connectivity index (χ1n) is 9.85. The quantitative estimate of drug-likeness (QED) is 0.466. The van der Waals surface area contributed by atoms with E-state index in [0.29, 0.717) is 11.3 Å². The van der Waals surface area contributed by atoms with E-state index in [1.165, 1.54) is 0 Å². The molecule has 156 valence electrons. The fourth-order valence-electron chi connectivity index (χ4n) is 3.00. The second-order valence-corrected chi connectivity index (χ2v) is 8.31. The molecule has 2 aromatic carbocycles. The van der Waals surface area contributed by atoms with Crippen LogP contribution in [0.15, 0.2) is 54.7 Å². The molecular formula is C24H26N2O4. The molecule has 0 aliphatic rings. The maximum absolute atomic E-state index is 12.6. The number of hydrogen-bond acceptors (Lipinski definition) is 4. The summed E-state index contributed by atoms with van der Waals surface area (Å²) in [6, 6.07) is 14.3. The van der Waals surface area contributed by atoms with Gasteiger partial charge in [-0.25, -0.2) is 0 Å². The highest BCUT2D eigenvalue weighted by molar-refractivity contribution is 6.01. The number of aromatic amines is 1. The number of H-pyrrole nitrogens is 1. The first-order chi connectivity index (χ1) is 14.1. The molecule has 0 saturated heterocycles. The summed E-state index contributed by atoms with van der Waals surface area (Å²) < 4.78 is 5.36. The normalized spacial score (nSPS) is 12.4. The topological polar surface area (TPSA) is 88.3 Å². The summed E-state index contributed by atoms with van der Waals surface area (Å²) in [6.45, 7) is 7.04. The maximum atomic E-state index is 12.6. The van der Waals surface area contributed by atoms with Crippen molar-refractivity contribution in [2.24, 2.45) is 5.41 Å². The van der Waals surface area contributed by atoms with Gasteiger partial charge in [0, 0.05) is 33.8 Å². The Hall–Kier alpha value is -3.41. The summed E-state index contributed by atoms with van der Waals surface area (Å²) in [5.74, 6) is -0.869. The lowest BCUT2D eigenvalue weighted by molar-refractivity contribution is -0.145. The number of fused-ring (bicyclic) bond motifs is 1. The number of ether oxygens (including phenoxy) is 1. The number of hydrogen-bond donors (Lipinski definition) is 2. The molecule has 0 saturated carbocycles. The molecule has 0 bridgehead atoms. The number of para-hydroxylation sites is 1. The van der Waals surface area contributed by atoms with Gasteiger partial charge in [-0.05, 0) is 42.8 Å². The molecule has 6 heteroatoms. The smallest absolute Gasteiger partial charge is 0.311 e. The van der Waals surface area contributed by atoms with E-state index in [2.05, 4.69) is 10.3 Å². The van der Waals surface area contributed by atoms with Crippen LogP contribution in [0, 0.1) is 5.41 Å². The lowest BCUT2D eigenvalue weighted by Crippen LogP contribution is -2.27. The Morgan fingerprint density at radius 2 is 1.70 bits per heavy atom. The van der Waals surface area contributed by atoms with Crippen molar-refractivity contribution in [2.45, 2.75) is 40.2 Å². The van der Waals surface area contributed by atoms with Gasteiger partial charge in [-0.3, -0.25) is 14.4 Å². The van der Waals surface area contributed by atoms with Crippen LogP contribution in [0.4, 0.5) is 5.69 Å². The van der Waals surface area contributed by atoms with E-state index in [1.54, 1.807) is 37.4 Å². The number of nitrogens with one attached hydrogen (secondary N) is 2. The van der Waals surface area contributed by atoms with Gasteiger partial charge < -0.3 is 15.0 Å². The number of Topliss-reactive ketones (excluding diaryl/α,β-unsaturated/α-hetero) is 1. The van der Waals surface area contributed by atoms with Crippen molar-refractivity contribution in [1.82, 2.24) is 4.98 Å². The Bertz CT molecular complexity index is 1070. The highest BCUT2D eigenvalue weighted by atomic mass is 16.5. The second-order valence-electron chi connectivity index (χ2n) is 8.31. The molecule has 1 heterocycles. The molecule has 0 unspecified atom stereocenters. The predicted molar refractivity (Wildman–Crippen MR) is 116 cm³/mol. The van der Waals surface area contributed by atoms with Crippen LogP contribution in [0.25, 0.3) is 10.9 Å². The minimum absolute atomic E-state index is 0.0827. The Labute approximate surface area is 175 Å². The number of amides is 1. The second kappa shape index (κ2) is 8.53. The number of carbonyl (C=O) groups excluding carboxylic acids is 3. The number of aromatic nitrogens is 1. The first-order valence-corrected chi connectivity index (χ1v) is 9.85. The fraction of sp³-hybridized carbons (Fsp3) is 0.292. The van der Waals surface area contributed by atoms with Crippen molar-refractivity contribution >= 4 is 34.3 Å². The maximum Gasteiger partial charge on any atom is 0.311 e. The van der Waals surface area contributed by atoms with Crippen LogP contribution in [-0.4, -0.2) is 28.7 Å². The van der Waals surface area contributed by atoms with E-state index in [0.717, 1.165) is 16.5 Å². The predicted octanol–water partition coefficient (Wildman–Crippen LogP) is 4.51. The number of carbonyl (C=O) groups is 3. The van der Waals surface area contributed by atoms with Gasteiger partial charge in [-0.2, -0.15) is 0 Å². The molecule has 1 atom stereocenters. The molecular weight excluding hydrogens is 380 g/mol. The minimum atomic E-state index is -0.905. The average molecular weight is 406 g/mol. The molecule has 0 aliphatic carbocycles. The Balaban J connectivity index is 1.59. The first kappa shape index (κ1) is 21.3. The van der Waals surface area contributed by atoms with Crippen molar-refractivity contribution < 1.29 is 19.1 Å². The molecule has 2 N–H and O–H groups in total. The lowest BCUT2D eigenvalue weighted by atomic mass is 9.95. The molecule has 1 amide bonds. The zero-order valence-corrected chi connectivity index (χ0v) is 17.6. The summed E-state index contributed by atoms with van der Waals surface area (Å²) >= 11 is 0. The van der Waals surface area contributed by atoms with Gasteiger partial charge in [0.1, 0.15) is 0 Å². The Morgan fingerprint density at radius 3 is 2.37 bits per heavy atom. The van der Waals surface area contributed by atoms with Gasteiger partial charge in [0.25, 0.3) is 0 Å². The zero-order chi connectivity index (χ0) is 21.9. The van der Waals surface area contributed by atoms with Crippen LogP contribution in [0.5, 0.6) is 0 Å². The van der Waals surface area contributed by atoms with E-state index in [9.17, 15) is 14.4 Å². The largest absolute Gasteiger partial charge is 0.454 e. The van der Waals surface area contributed by atoms with Crippen LogP contribution >= 0.6 is 0 Å². The third kappa shape index (κ3) is 4.95. The summed E-state index contributed by atoms with van der Waals surface area (Å²) in [7, 11) is 0. The SMILES string of the molecule is C[C@H](OC(=O)Cc1c[nH]c2ccccc12)C(=O)c1ccc(NC(=O)C(C)(C)C)cc1. The molecule has 0 aliphatic heterocycles. The zero-order valence-electron chi connectivity index (χ0n) is 17.6. The van der Waals surface area contributed by atoms with Crippen molar-refractivity contribution in [1.29, 1.82) is 0 Å². The number of esters is 1. The van der Waals surface area contributed by atoms with Gasteiger partial charge in [0.05, 0.1) is 6.42 Å². The lowest BCUT2D eigenvalue weighted by Gasteiger charge is -2.18. The van der Waals surface area contributed by atoms with Crippen molar-refractivity contribution in [3.63, 3.8) is 0 Å². The van der Waals surface area contributed by atoms with Gasteiger partial charge in [-0.15, -0.1) is 0 Å². The minimum Gasteiger partial charge on any atom is -0.454 e. The highest BCUT2D eigenvalue weighted by Crippen LogP contribution is 2.20. The number of anilines is 1. The van der Waals surface area contributed by atoms with Gasteiger partial charge in [-0.1, -0.05) is 39.0 Å². The summed E-state index contributed by atoms with van der Waals surface area (Å²) in [5, 5.41) is 3.77. The Morgan fingerprint density at radius 1 is 1.03 bits per heavy atom. The van der Waals surface area contributed by atoms with Gasteiger partial charge >= 0.3 is 5.97 Å². The third-order valence-corrected chi connectivity index (χ3v) is 4.80. The average Bonchev–Trinajstić information content (AvgIpc) is 3.10. The monoisotopic (exact) mass is 406 g/mol. The van der Waals surface area contributed by atoms with Crippen LogP contribution in [0.2, 0.25) is 0 Å². The highest BCUT2D eigenvalue weighted by Gasteiger charge is 2.22. The van der Waals surface area contributed by atoms with Crippen LogP contribution in [0.3, 0.4) is 0 Å². The summed E-state index contributed by atoms with van der Waals surface area (Å²) in [4.78, 5) is 40.1. The number of rotatable bonds is 6. The summed E-state index contributed by atoms with van der Waals surface area (Å²) in [5.41, 5.74) is 2.28. The molecule has 0 fully saturated rings. The standard InChI is InChI=1S/C24H26N2O4/c1-15(30-21(27)13-17-14-25-20-8-6-5-7-19(17)20)22(28)16-9-11-18(12-10-16)26-23(29)24(2,3)4/h5-12,14-15,25H,13H2,1-4H3,(H,26,29)/t15-/m0/s1. The van der Waals surface area contributed by atoms with E-state index in [1.807, 2.05) is 45.0 Å². The van der Waals surface area contributed by atoms with Gasteiger partial charge in [0.15, 0.2) is 6.10 Å². The van der Waals surface area contributed by atoms with Crippen LogP contribution in [0.1, 0.15) is 43.6 Å². The van der Waals surface area contributed by atoms with E-state index < -0.39 is 17.5 Å². The fourth-order valence-corrected chi connectivity index (χ4v) is 3.00. The number of benzene rings is 2. The van der Waals surface area contributed by atoms with Crippen molar-refractivity contribution in [2.75, 3.05) is 5.32 Å². The van der Waals surface area contributed by atoms with Gasteiger partial charge in [0.2, 0.25) is 11.7 Å². The summed E-state index contributed by atoms with van der Waals surface area (Å²) in [6.07, 6.45) is 0.959. The molecule has 3 rings (SSSR count). The molecule has 1 aromatic heterocycles. The van der Waals surface area contributed by atoms with E-state index >= 15 is 0 Å².